The largest absolute Gasteiger partial charge is 0.375 e. The van der Waals surface area contributed by atoms with Crippen LogP contribution >= 0.6 is 23.1 Å². The molecule has 0 spiro atoms. The van der Waals surface area contributed by atoms with Gasteiger partial charge in [-0.3, -0.25) is 4.79 Å². The number of imidazole rings is 1. The number of fused-ring (bicyclic) bond motifs is 1. The average Bonchev–Trinajstić information content (AvgIpc) is 3.17. The number of nitrogens with one attached hydrogen (secondary N) is 2. The second kappa shape index (κ2) is 7.01. The smallest absolute Gasteiger partial charge is 0.271 e. The highest BCUT2D eigenvalue weighted by Crippen LogP contribution is 2.21. The maximum atomic E-state index is 12.3. The fourth-order valence-electron chi connectivity index (χ4n) is 2.27. The average molecular weight is 347 g/mol. The monoisotopic (exact) mass is 347 g/mol. The Hall–Kier alpha value is -2.06. The van der Waals surface area contributed by atoms with Crippen molar-refractivity contribution in [2.45, 2.75) is 12.5 Å². The minimum Gasteiger partial charge on any atom is -0.375 e. The van der Waals surface area contributed by atoms with Crippen LogP contribution in [0.3, 0.4) is 0 Å². The molecule has 0 aliphatic carbocycles. The van der Waals surface area contributed by atoms with E-state index in [4.69, 9.17) is 5.73 Å². The second-order valence-electron chi connectivity index (χ2n) is 5.02. The van der Waals surface area contributed by atoms with Gasteiger partial charge in [0, 0.05) is 5.38 Å². The van der Waals surface area contributed by atoms with E-state index in [-0.39, 0.29) is 11.9 Å². The van der Waals surface area contributed by atoms with E-state index in [2.05, 4.69) is 20.3 Å². The van der Waals surface area contributed by atoms with E-state index in [0.29, 0.717) is 10.8 Å². The van der Waals surface area contributed by atoms with Gasteiger partial charge in [0.2, 0.25) is 0 Å². The first-order valence-corrected chi connectivity index (χ1v) is 9.40. The standard InChI is InChI=1S/C15H17N5OS2/c1-22-7-6-11(19-14(21)12-8-23-15(16)20-12)13-17-9-4-2-3-5-10(9)18-13/h2-5,8,11H,6-7H2,1H3,(H2,16,20)(H,17,18)(H,19,21). The van der Waals surface area contributed by atoms with Gasteiger partial charge < -0.3 is 16.0 Å². The lowest BCUT2D eigenvalue weighted by Crippen LogP contribution is -2.30. The zero-order valence-electron chi connectivity index (χ0n) is 12.6. The lowest BCUT2D eigenvalue weighted by atomic mass is 10.2. The first-order chi connectivity index (χ1) is 11.2. The number of nitrogens with zero attached hydrogens (tertiary/aromatic N) is 2. The van der Waals surface area contributed by atoms with Crippen LogP contribution in [0.4, 0.5) is 5.13 Å². The third-order valence-electron chi connectivity index (χ3n) is 3.41. The topological polar surface area (TPSA) is 96.7 Å². The molecule has 0 bridgehead atoms. The van der Waals surface area contributed by atoms with E-state index >= 15 is 0 Å². The molecule has 8 heteroatoms. The van der Waals surface area contributed by atoms with Crippen LogP contribution in [0.5, 0.6) is 0 Å². The summed E-state index contributed by atoms with van der Waals surface area (Å²) in [4.78, 5) is 24.3. The van der Waals surface area contributed by atoms with Crippen molar-refractivity contribution in [3.05, 3.63) is 41.2 Å². The minimum absolute atomic E-state index is 0.190. The number of thiazole rings is 1. The Bertz CT molecular complexity index is 780. The number of nitrogen functional groups attached to an aromatic ring is 1. The zero-order chi connectivity index (χ0) is 16.2. The molecule has 0 fully saturated rings. The normalized spacial score (nSPS) is 12.4. The molecule has 3 rings (SSSR count). The summed E-state index contributed by atoms with van der Waals surface area (Å²) in [5, 5.41) is 5.05. The first kappa shape index (κ1) is 15.8. The number of amides is 1. The van der Waals surface area contributed by atoms with Crippen LogP contribution in [-0.4, -0.2) is 32.9 Å². The summed E-state index contributed by atoms with van der Waals surface area (Å²) in [6.45, 7) is 0. The molecule has 1 aromatic carbocycles. The summed E-state index contributed by atoms with van der Waals surface area (Å²) < 4.78 is 0. The van der Waals surface area contributed by atoms with Crippen molar-refractivity contribution in [1.82, 2.24) is 20.3 Å². The number of rotatable bonds is 6. The number of anilines is 1. The predicted octanol–water partition coefficient (Wildman–Crippen LogP) is 2.83. The third-order valence-corrected chi connectivity index (χ3v) is 4.73. The Morgan fingerprint density at radius 1 is 1.43 bits per heavy atom. The van der Waals surface area contributed by atoms with Gasteiger partial charge in [0.25, 0.3) is 5.91 Å². The Labute approximate surface area is 141 Å². The van der Waals surface area contributed by atoms with Crippen molar-refractivity contribution >= 4 is 45.2 Å². The fourth-order valence-corrected chi connectivity index (χ4v) is 3.29. The lowest BCUT2D eigenvalue weighted by molar-refractivity contribution is 0.0930. The SMILES string of the molecule is CSCCC(NC(=O)c1csc(N)n1)c1nc2ccccc2[nH]1. The summed E-state index contributed by atoms with van der Waals surface area (Å²) in [7, 11) is 0. The molecular formula is C15H17N5OS2. The molecule has 0 radical (unpaired) electrons. The van der Waals surface area contributed by atoms with Gasteiger partial charge in [-0.15, -0.1) is 11.3 Å². The van der Waals surface area contributed by atoms with Crippen LogP contribution in [0.2, 0.25) is 0 Å². The number of aromatic nitrogens is 3. The predicted molar refractivity (Wildman–Crippen MR) is 95.8 cm³/mol. The van der Waals surface area contributed by atoms with E-state index in [1.54, 1.807) is 17.1 Å². The van der Waals surface area contributed by atoms with Crippen molar-refractivity contribution in [2.24, 2.45) is 0 Å². The molecule has 0 saturated heterocycles. The Kier molecular flexibility index (Phi) is 4.82. The molecule has 1 unspecified atom stereocenters. The van der Waals surface area contributed by atoms with Gasteiger partial charge >= 0.3 is 0 Å². The van der Waals surface area contributed by atoms with Crippen molar-refractivity contribution in [3.8, 4) is 0 Å². The second-order valence-corrected chi connectivity index (χ2v) is 6.89. The molecule has 1 amide bonds. The van der Waals surface area contributed by atoms with Crippen LogP contribution in [-0.2, 0) is 0 Å². The number of nitrogens with two attached hydrogens (primary N) is 1. The van der Waals surface area contributed by atoms with Gasteiger partial charge in [0.1, 0.15) is 11.5 Å². The van der Waals surface area contributed by atoms with E-state index in [1.165, 1.54) is 11.3 Å². The molecule has 23 heavy (non-hydrogen) atoms. The highest BCUT2D eigenvalue weighted by atomic mass is 32.2. The molecule has 6 nitrogen and oxygen atoms in total. The highest BCUT2D eigenvalue weighted by Gasteiger charge is 2.20. The summed E-state index contributed by atoms with van der Waals surface area (Å²) >= 11 is 2.99. The fraction of sp³-hybridized carbons (Fsp3) is 0.267. The Morgan fingerprint density at radius 2 is 2.26 bits per heavy atom. The number of para-hydroxylation sites is 2. The van der Waals surface area contributed by atoms with Gasteiger partial charge in [0.15, 0.2) is 5.13 Å². The number of aromatic amines is 1. The van der Waals surface area contributed by atoms with Crippen LogP contribution < -0.4 is 11.1 Å². The number of hydrogen-bond acceptors (Lipinski definition) is 6. The van der Waals surface area contributed by atoms with E-state index < -0.39 is 0 Å². The van der Waals surface area contributed by atoms with Crippen LogP contribution in [0.15, 0.2) is 29.6 Å². The highest BCUT2D eigenvalue weighted by molar-refractivity contribution is 7.98. The van der Waals surface area contributed by atoms with Gasteiger partial charge in [-0.1, -0.05) is 12.1 Å². The number of thioether (sulfide) groups is 1. The first-order valence-electron chi connectivity index (χ1n) is 7.13. The molecule has 0 aliphatic rings. The van der Waals surface area contributed by atoms with Gasteiger partial charge in [-0.2, -0.15) is 11.8 Å². The molecule has 120 valence electrons. The molecule has 3 aromatic rings. The maximum Gasteiger partial charge on any atom is 0.271 e. The summed E-state index contributed by atoms with van der Waals surface area (Å²) in [5.41, 5.74) is 7.79. The molecule has 2 heterocycles. The molecule has 4 N–H and O–H groups in total. The summed E-state index contributed by atoms with van der Waals surface area (Å²) in [5.74, 6) is 1.45. The molecule has 0 aliphatic heterocycles. The van der Waals surface area contributed by atoms with E-state index in [9.17, 15) is 4.79 Å². The summed E-state index contributed by atoms with van der Waals surface area (Å²) in [6.07, 6.45) is 2.82. The lowest BCUT2D eigenvalue weighted by Gasteiger charge is -2.15. The quantitative estimate of drug-likeness (QED) is 0.637. The number of hydrogen-bond donors (Lipinski definition) is 3. The van der Waals surface area contributed by atoms with Crippen LogP contribution in [0, 0.1) is 0 Å². The van der Waals surface area contributed by atoms with Crippen molar-refractivity contribution < 1.29 is 4.79 Å². The molecule has 2 aromatic heterocycles. The van der Waals surface area contributed by atoms with Gasteiger partial charge in [-0.25, -0.2) is 9.97 Å². The number of H-pyrrole nitrogens is 1. The van der Waals surface area contributed by atoms with E-state index in [1.807, 2.05) is 30.5 Å². The number of carbonyl (C=O) groups excluding carboxylic acids is 1. The maximum absolute atomic E-state index is 12.3. The van der Waals surface area contributed by atoms with Crippen LogP contribution in [0.1, 0.15) is 28.8 Å². The summed E-state index contributed by atoms with van der Waals surface area (Å²) in [6, 6.07) is 7.63. The molecule has 0 saturated carbocycles. The van der Waals surface area contributed by atoms with Crippen molar-refractivity contribution in [3.63, 3.8) is 0 Å². The minimum atomic E-state index is -0.232. The van der Waals surface area contributed by atoms with Crippen molar-refractivity contribution in [2.75, 3.05) is 17.7 Å². The van der Waals surface area contributed by atoms with Crippen LogP contribution in [0.25, 0.3) is 11.0 Å². The molecular weight excluding hydrogens is 330 g/mol. The Morgan fingerprint density at radius 3 is 2.96 bits per heavy atom. The number of carbonyl (C=O) groups is 1. The van der Waals surface area contributed by atoms with Gasteiger partial charge in [0.05, 0.1) is 17.1 Å². The molecule has 1 atom stereocenters. The number of benzene rings is 1. The van der Waals surface area contributed by atoms with Gasteiger partial charge in [-0.05, 0) is 30.6 Å². The van der Waals surface area contributed by atoms with E-state index in [0.717, 1.165) is 29.0 Å². The Balaban J connectivity index is 1.83. The zero-order valence-corrected chi connectivity index (χ0v) is 14.2. The van der Waals surface area contributed by atoms with Crippen molar-refractivity contribution in [1.29, 1.82) is 0 Å². The third kappa shape index (κ3) is 3.65.